The Bertz CT molecular complexity index is 361. The van der Waals surface area contributed by atoms with Gasteiger partial charge in [-0.1, -0.05) is 5.16 Å². The van der Waals surface area contributed by atoms with Gasteiger partial charge >= 0.3 is 0 Å². The maximum absolute atomic E-state index is 11.7. The van der Waals surface area contributed by atoms with Crippen LogP contribution in [0.4, 0.5) is 0 Å². The van der Waals surface area contributed by atoms with E-state index in [1.165, 1.54) is 0 Å². The van der Waals surface area contributed by atoms with Crippen molar-refractivity contribution in [2.24, 2.45) is 5.73 Å². The Morgan fingerprint density at radius 1 is 1.67 bits per heavy atom. The van der Waals surface area contributed by atoms with Gasteiger partial charge in [0.05, 0.1) is 5.69 Å². The van der Waals surface area contributed by atoms with E-state index >= 15 is 0 Å². The third-order valence-electron chi connectivity index (χ3n) is 2.74. The summed E-state index contributed by atoms with van der Waals surface area (Å²) in [7, 11) is 0. The topological polar surface area (TPSA) is 81.2 Å². The van der Waals surface area contributed by atoms with Gasteiger partial charge in [-0.15, -0.1) is 0 Å². The number of aryl methyl sites for hydroxylation is 1. The number of nitrogens with one attached hydrogen (secondary N) is 1. The standard InChI is InChI=1S/C10H15N3O2/c1-6-5-9(15-13-6)10(14)12-8-4-2-3-7(8)11/h5,7-8H,2-4,11H2,1H3,(H,12,14). The zero-order chi connectivity index (χ0) is 10.8. The highest BCUT2D eigenvalue weighted by atomic mass is 16.5. The van der Waals surface area contributed by atoms with Crippen molar-refractivity contribution >= 4 is 5.91 Å². The van der Waals surface area contributed by atoms with Crippen LogP contribution in [-0.4, -0.2) is 23.1 Å². The van der Waals surface area contributed by atoms with Gasteiger partial charge in [-0.3, -0.25) is 4.79 Å². The molecule has 3 N–H and O–H groups in total. The second-order valence-electron chi connectivity index (χ2n) is 4.01. The Kier molecular flexibility index (Phi) is 2.73. The van der Waals surface area contributed by atoms with Crippen LogP contribution in [0.2, 0.25) is 0 Å². The van der Waals surface area contributed by atoms with E-state index < -0.39 is 0 Å². The quantitative estimate of drug-likeness (QED) is 0.747. The highest BCUT2D eigenvalue weighted by molar-refractivity contribution is 5.91. The molecule has 0 bridgehead atoms. The lowest BCUT2D eigenvalue weighted by molar-refractivity contribution is 0.0897. The molecule has 1 saturated carbocycles. The molecule has 15 heavy (non-hydrogen) atoms. The van der Waals surface area contributed by atoms with E-state index in [0.717, 1.165) is 19.3 Å². The van der Waals surface area contributed by atoms with Crippen LogP contribution in [0.25, 0.3) is 0 Å². The summed E-state index contributed by atoms with van der Waals surface area (Å²) in [5.74, 6) is 0.0320. The van der Waals surface area contributed by atoms with Gasteiger partial charge in [0.25, 0.3) is 5.91 Å². The molecule has 82 valence electrons. The van der Waals surface area contributed by atoms with Crippen molar-refractivity contribution in [1.29, 1.82) is 0 Å². The molecule has 2 unspecified atom stereocenters. The van der Waals surface area contributed by atoms with Crippen LogP contribution < -0.4 is 11.1 Å². The third kappa shape index (κ3) is 2.18. The van der Waals surface area contributed by atoms with Gasteiger partial charge in [-0.25, -0.2) is 0 Å². The van der Waals surface area contributed by atoms with E-state index in [0.29, 0.717) is 5.69 Å². The van der Waals surface area contributed by atoms with E-state index in [4.69, 9.17) is 10.3 Å². The summed E-state index contributed by atoms with van der Waals surface area (Å²) in [4.78, 5) is 11.7. The van der Waals surface area contributed by atoms with Gasteiger partial charge in [0.1, 0.15) is 0 Å². The predicted molar refractivity (Wildman–Crippen MR) is 54.3 cm³/mol. The number of hydrogen-bond donors (Lipinski definition) is 2. The van der Waals surface area contributed by atoms with E-state index in [1.54, 1.807) is 13.0 Å². The Hall–Kier alpha value is -1.36. The zero-order valence-electron chi connectivity index (χ0n) is 8.69. The van der Waals surface area contributed by atoms with Crippen LogP contribution in [0.5, 0.6) is 0 Å². The normalized spacial score (nSPS) is 25.5. The minimum absolute atomic E-state index is 0.0676. The summed E-state index contributed by atoms with van der Waals surface area (Å²) in [6.07, 6.45) is 2.99. The molecule has 2 atom stereocenters. The van der Waals surface area contributed by atoms with E-state index in [9.17, 15) is 4.79 Å². The molecule has 1 aliphatic carbocycles. The average molecular weight is 209 g/mol. The molecular formula is C10H15N3O2. The summed E-state index contributed by atoms with van der Waals surface area (Å²) in [5.41, 5.74) is 6.55. The number of amides is 1. The summed E-state index contributed by atoms with van der Waals surface area (Å²) in [6, 6.07) is 1.76. The highest BCUT2D eigenvalue weighted by Gasteiger charge is 2.26. The van der Waals surface area contributed by atoms with Crippen molar-refractivity contribution in [1.82, 2.24) is 10.5 Å². The number of hydrogen-bond acceptors (Lipinski definition) is 4. The lowest BCUT2D eigenvalue weighted by atomic mass is 10.2. The summed E-state index contributed by atoms with van der Waals surface area (Å²) >= 11 is 0. The monoisotopic (exact) mass is 209 g/mol. The van der Waals surface area contributed by atoms with Crippen molar-refractivity contribution in [3.8, 4) is 0 Å². The molecule has 1 aliphatic rings. The first-order chi connectivity index (χ1) is 7.16. The van der Waals surface area contributed by atoms with Crippen molar-refractivity contribution < 1.29 is 9.32 Å². The number of aromatic nitrogens is 1. The number of nitrogens with two attached hydrogens (primary N) is 1. The van der Waals surface area contributed by atoms with E-state index in [-0.39, 0.29) is 23.8 Å². The van der Waals surface area contributed by atoms with E-state index in [1.807, 2.05) is 0 Å². The van der Waals surface area contributed by atoms with Gasteiger partial charge < -0.3 is 15.6 Å². The molecule has 0 aliphatic heterocycles. The first-order valence-corrected chi connectivity index (χ1v) is 5.16. The van der Waals surface area contributed by atoms with Gasteiger partial charge in [-0.2, -0.15) is 0 Å². The van der Waals surface area contributed by atoms with Crippen LogP contribution in [0.3, 0.4) is 0 Å². The molecule has 5 heteroatoms. The zero-order valence-corrected chi connectivity index (χ0v) is 8.69. The van der Waals surface area contributed by atoms with Crippen molar-refractivity contribution in [2.45, 2.75) is 38.3 Å². The molecule has 0 radical (unpaired) electrons. The number of carbonyl (C=O) groups is 1. The summed E-state index contributed by atoms with van der Waals surface area (Å²) in [6.45, 7) is 1.78. The second-order valence-corrected chi connectivity index (χ2v) is 4.01. The number of nitrogens with zero attached hydrogens (tertiary/aromatic N) is 1. The molecule has 1 aromatic heterocycles. The first kappa shape index (κ1) is 10.2. The minimum atomic E-state index is -0.224. The van der Waals surface area contributed by atoms with Gasteiger partial charge in [0.2, 0.25) is 5.76 Å². The van der Waals surface area contributed by atoms with Crippen LogP contribution >= 0.6 is 0 Å². The number of carbonyl (C=O) groups excluding carboxylic acids is 1. The fourth-order valence-electron chi connectivity index (χ4n) is 1.88. The minimum Gasteiger partial charge on any atom is -0.351 e. The largest absolute Gasteiger partial charge is 0.351 e. The smallest absolute Gasteiger partial charge is 0.290 e. The molecule has 5 nitrogen and oxygen atoms in total. The molecule has 0 aromatic carbocycles. The maximum atomic E-state index is 11.7. The fraction of sp³-hybridized carbons (Fsp3) is 0.600. The highest BCUT2D eigenvalue weighted by Crippen LogP contribution is 2.17. The first-order valence-electron chi connectivity index (χ1n) is 5.16. The Balaban J connectivity index is 1.97. The van der Waals surface area contributed by atoms with Crippen molar-refractivity contribution in [3.05, 3.63) is 17.5 Å². The summed E-state index contributed by atoms with van der Waals surface area (Å²) in [5, 5.41) is 6.52. The summed E-state index contributed by atoms with van der Waals surface area (Å²) < 4.78 is 4.87. The van der Waals surface area contributed by atoms with Crippen LogP contribution in [0.15, 0.2) is 10.6 Å². The van der Waals surface area contributed by atoms with Crippen molar-refractivity contribution in [2.75, 3.05) is 0 Å². The SMILES string of the molecule is Cc1cc(C(=O)NC2CCCC2N)on1. The van der Waals surface area contributed by atoms with Crippen LogP contribution in [-0.2, 0) is 0 Å². The van der Waals surface area contributed by atoms with Crippen LogP contribution in [0.1, 0.15) is 35.5 Å². The second kappa shape index (κ2) is 4.02. The molecule has 2 rings (SSSR count). The fourth-order valence-corrected chi connectivity index (χ4v) is 1.88. The molecule has 0 saturated heterocycles. The Labute approximate surface area is 88.0 Å². The third-order valence-corrected chi connectivity index (χ3v) is 2.74. The van der Waals surface area contributed by atoms with E-state index in [2.05, 4.69) is 10.5 Å². The molecule has 1 fully saturated rings. The molecular weight excluding hydrogens is 194 g/mol. The molecule has 1 heterocycles. The van der Waals surface area contributed by atoms with Gasteiger partial charge in [-0.05, 0) is 26.2 Å². The van der Waals surface area contributed by atoms with Crippen LogP contribution in [0, 0.1) is 6.92 Å². The Morgan fingerprint density at radius 2 is 2.47 bits per heavy atom. The Morgan fingerprint density at radius 3 is 3.00 bits per heavy atom. The van der Waals surface area contributed by atoms with Gasteiger partial charge in [0, 0.05) is 18.2 Å². The maximum Gasteiger partial charge on any atom is 0.290 e. The predicted octanol–water partition coefficient (Wildman–Crippen LogP) is 0.593. The molecule has 0 spiro atoms. The lowest BCUT2D eigenvalue weighted by Gasteiger charge is -2.15. The van der Waals surface area contributed by atoms with Crippen molar-refractivity contribution in [3.63, 3.8) is 0 Å². The molecule has 1 amide bonds. The van der Waals surface area contributed by atoms with Gasteiger partial charge in [0.15, 0.2) is 0 Å². The lowest BCUT2D eigenvalue weighted by Crippen LogP contribution is -2.43. The number of rotatable bonds is 2. The molecule has 1 aromatic rings. The average Bonchev–Trinajstić information content (AvgIpc) is 2.77.